The van der Waals surface area contributed by atoms with Crippen molar-refractivity contribution in [2.75, 3.05) is 5.32 Å². The monoisotopic (exact) mass is 411 g/mol. The Kier molecular flexibility index (Phi) is 5.84. The Morgan fingerprint density at radius 1 is 0.903 bits per heavy atom. The van der Waals surface area contributed by atoms with Gasteiger partial charge in [0.15, 0.2) is 5.69 Å². The van der Waals surface area contributed by atoms with Crippen molar-refractivity contribution in [2.45, 2.75) is 13.5 Å². The highest BCUT2D eigenvalue weighted by atomic mass is 16.2. The van der Waals surface area contributed by atoms with Gasteiger partial charge in [0, 0.05) is 35.9 Å². The summed E-state index contributed by atoms with van der Waals surface area (Å²) < 4.78 is 1.74. The van der Waals surface area contributed by atoms with Crippen LogP contribution in [0.2, 0.25) is 0 Å². The first-order valence-corrected chi connectivity index (χ1v) is 9.81. The summed E-state index contributed by atoms with van der Waals surface area (Å²) in [6, 6.07) is 22.1. The second kappa shape index (κ2) is 9.04. The minimum absolute atomic E-state index is 0.217. The third kappa shape index (κ3) is 4.84. The highest BCUT2D eigenvalue weighted by molar-refractivity contribution is 6.04. The van der Waals surface area contributed by atoms with Crippen molar-refractivity contribution in [2.24, 2.45) is 0 Å². The van der Waals surface area contributed by atoms with E-state index >= 15 is 0 Å². The second-order valence-electron chi connectivity index (χ2n) is 6.99. The van der Waals surface area contributed by atoms with Gasteiger partial charge in [-0.3, -0.25) is 14.6 Å². The van der Waals surface area contributed by atoms with Crippen LogP contribution in [-0.2, 0) is 6.54 Å². The Hall–Kier alpha value is -4.26. The molecular formula is C24H21N5O2. The van der Waals surface area contributed by atoms with Crippen molar-refractivity contribution in [1.82, 2.24) is 20.1 Å². The predicted octanol–water partition coefficient (Wildman–Crippen LogP) is 3.76. The summed E-state index contributed by atoms with van der Waals surface area (Å²) in [5.41, 5.74) is 4.16. The van der Waals surface area contributed by atoms with Gasteiger partial charge in [-0.2, -0.15) is 5.10 Å². The quantitative estimate of drug-likeness (QED) is 0.506. The molecule has 0 aliphatic carbocycles. The third-order valence-corrected chi connectivity index (χ3v) is 4.70. The van der Waals surface area contributed by atoms with E-state index in [9.17, 15) is 9.59 Å². The molecule has 0 aliphatic rings. The minimum Gasteiger partial charge on any atom is -0.347 e. The number of amides is 2. The molecule has 0 saturated heterocycles. The standard InChI is InChI=1S/C24H21N5O2/c1-17-14-22(28-29(17)21-8-3-2-4-9-21)24(31)26-16-18-6-5-7-20(15-18)27-23(30)19-10-12-25-13-11-19/h2-15H,16H2,1H3,(H,26,31)(H,27,30). The number of para-hydroxylation sites is 1. The third-order valence-electron chi connectivity index (χ3n) is 4.70. The number of aromatic nitrogens is 3. The molecule has 0 saturated carbocycles. The van der Waals surface area contributed by atoms with Crippen LogP contribution in [0.5, 0.6) is 0 Å². The molecule has 4 aromatic rings. The Balaban J connectivity index is 1.40. The number of nitrogens with one attached hydrogen (secondary N) is 2. The van der Waals surface area contributed by atoms with Gasteiger partial charge in [-0.25, -0.2) is 4.68 Å². The van der Waals surface area contributed by atoms with Crippen LogP contribution in [0.3, 0.4) is 0 Å². The molecule has 2 aromatic carbocycles. The second-order valence-corrected chi connectivity index (χ2v) is 6.99. The van der Waals surface area contributed by atoms with E-state index in [2.05, 4.69) is 20.7 Å². The van der Waals surface area contributed by atoms with E-state index < -0.39 is 0 Å². The highest BCUT2D eigenvalue weighted by Crippen LogP contribution is 2.14. The molecule has 0 spiro atoms. The summed E-state index contributed by atoms with van der Waals surface area (Å²) in [4.78, 5) is 28.8. The summed E-state index contributed by atoms with van der Waals surface area (Å²) in [7, 11) is 0. The maximum Gasteiger partial charge on any atom is 0.272 e. The van der Waals surface area contributed by atoms with Gasteiger partial charge in [0.1, 0.15) is 0 Å². The molecule has 2 aromatic heterocycles. The number of hydrogen-bond donors (Lipinski definition) is 2. The molecule has 2 N–H and O–H groups in total. The molecule has 0 bridgehead atoms. The van der Waals surface area contributed by atoms with Crippen molar-refractivity contribution in [3.05, 3.63) is 108 Å². The van der Waals surface area contributed by atoms with E-state index in [0.717, 1.165) is 16.9 Å². The summed E-state index contributed by atoms with van der Waals surface area (Å²) in [5.74, 6) is -0.477. The molecule has 0 unspecified atom stereocenters. The van der Waals surface area contributed by atoms with Gasteiger partial charge in [-0.15, -0.1) is 0 Å². The van der Waals surface area contributed by atoms with Crippen molar-refractivity contribution in [1.29, 1.82) is 0 Å². The number of benzene rings is 2. The van der Waals surface area contributed by atoms with Crippen LogP contribution in [0.1, 0.15) is 32.1 Å². The van der Waals surface area contributed by atoms with E-state index in [-0.39, 0.29) is 11.8 Å². The van der Waals surface area contributed by atoms with E-state index in [1.807, 2.05) is 55.5 Å². The molecule has 0 atom stereocenters. The zero-order chi connectivity index (χ0) is 21.6. The maximum absolute atomic E-state index is 12.6. The molecule has 31 heavy (non-hydrogen) atoms. The number of carbonyl (C=O) groups is 2. The minimum atomic E-state index is -0.260. The van der Waals surface area contributed by atoms with E-state index in [1.54, 1.807) is 41.3 Å². The Morgan fingerprint density at radius 3 is 2.45 bits per heavy atom. The maximum atomic E-state index is 12.6. The Morgan fingerprint density at radius 2 is 1.68 bits per heavy atom. The van der Waals surface area contributed by atoms with Gasteiger partial charge >= 0.3 is 0 Å². The van der Waals surface area contributed by atoms with Crippen LogP contribution in [0, 0.1) is 6.92 Å². The molecule has 4 rings (SSSR count). The number of rotatable bonds is 6. The molecular weight excluding hydrogens is 390 g/mol. The Bertz CT molecular complexity index is 1200. The number of carbonyl (C=O) groups excluding carboxylic acids is 2. The molecule has 0 fully saturated rings. The van der Waals surface area contributed by atoms with Crippen LogP contribution in [0.15, 0.2) is 85.2 Å². The lowest BCUT2D eigenvalue weighted by Crippen LogP contribution is -2.23. The zero-order valence-electron chi connectivity index (χ0n) is 16.9. The fourth-order valence-electron chi connectivity index (χ4n) is 3.15. The van der Waals surface area contributed by atoms with Gasteiger partial charge in [-0.05, 0) is 55.0 Å². The zero-order valence-corrected chi connectivity index (χ0v) is 16.9. The summed E-state index contributed by atoms with van der Waals surface area (Å²) in [6.45, 7) is 2.22. The number of anilines is 1. The number of aryl methyl sites for hydroxylation is 1. The lowest BCUT2D eigenvalue weighted by molar-refractivity contribution is 0.0944. The fraction of sp³-hybridized carbons (Fsp3) is 0.0833. The average Bonchev–Trinajstić information content (AvgIpc) is 3.20. The normalized spacial score (nSPS) is 10.5. The molecule has 7 heteroatoms. The smallest absolute Gasteiger partial charge is 0.272 e. The van der Waals surface area contributed by atoms with Gasteiger partial charge in [-0.1, -0.05) is 30.3 Å². The SMILES string of the molecule is Cc1cc(C(=O)NCc2cccc(NC(=O)c3ccncc3)c2)nn1-c1ccccc1. The topological polar surface area (TPSA) is 88.9 Å². The van der Waals surface area contributed by atoms with Gasteiger partial charge in [0.25, 0.3) is 11.8 Å². The van der Waals surface area contributed by atoms with E-state index in [1.165, 1.54) is 0 Å². The van der Waals surface area contributed by atoms with Crippen LogP contribution in [0.25, 0.3) is 5.69 Å². The molecule has 2 heterocycles. The lowest BCUT2D eigenvalue weighted by Gasteiger charge is -2.08. The molecule has 7 nitrogen and oxygen atoms in total. The number of nitrogens with zero attached hydrogens (tertiary/aromatic N) is 3. The summed E-state index contributed by atoms with van der Waals surface area (Å²) >= 11 is 0. The highest BCUT2D eigenvalue weighted by Gasteiger charge is 2.13. The average molecular weight is 411 g/mol. The van der Waals surface area contributed by atoms with Crippen LogP contribution >= 0.6 is 0 Å². The summed E-state index contributed by atoms with van der Waals surface area (Å²) in [6.07, 6.45) is 3.14. The molecule has 0 aliphatic heterocycles. The van der Waals surface area contributed by atoms with Gasteiger partial charge in [0.05, 0.1) is 5.69 Å². The first kappa shape index (κ1) is 20.0. The van der Waals surface area contributed by atoms with E-state index in [0.29, 0.717) is 23.5 Å². The molecule has 154 valence electrons. The van der Waals surface area contributed by atoms with Crippen molar-refractivity contribution >= 4 is 17.5 Å². The van der Waals surface area contributed by atoms with Crippen LogP contribution in [0.4, 0.5) is 5.69 Å². The summed E-state index contributed by atoms with van der Waals surface area (Å²) in [5, 5.41) is 10.2. The lowest BCUT2D eigenvalue weighted by atomic mass is 10.2. The first-order valence-electron chi connectivity index (χ1n) is 9.81. The van der Waals surface area contributed by atoms with Crippen LogP contribution < -0.4 is 10.6 Å². The first-order chi connectivity index (χ1) is 15.1. The van der Waals surface area contributed by atoms with Crippen LogP contribution in [-0.4, -0.2) is 26.6 Å². The molecule has 2 amide bonds. The Labute approximate surface area is 179 Å². The van der Waals surface area contributed by atoms with Crippen molar-refractivity contribution in [3.63, 3.8) is 0 Å². The predicted molar refractivity (Wildman–Crippen MR) is 118 cm³/mol. The van der Waals surface area contributed by atoms with Gasteiger partial charge in [0.2, 0.25) is 0 Å². The largest absolute Gasteiger partial charge is 0.347 e. The molecule has 0 radical (unpaired) electrons. The van der Waals surface area contributed by atoms with Crippen molar-refractivity contribution in [3.8, 4) is 5.69 Å². The van der Waals surface area contributed by atoms with E-state index in [4.69, 9.17) is 0 Å². The fourth-order valence-corrected chi connectivity index (χ4v) is 3.15. The van der Waals surface area contributed by atoms with Crippen molar-refractivity contribution < 1.29 is 9.59 Å². The number of pyridine rings is 1. The van der Waals surface area contributed by atoms with Gasteiger partial charge < -0.3 is 10.6 Å². The number of hydrogen-bond acceptors (Lipinski definition) is 4.